The zero-order valence-corrected chi connectivity index (χ0v) is 17.2. The van der Waals surface area contributed by atoms with Crippen LogP contribution in [0.1, 0.15) is 29.8 Å². The average molecular weight is 424 g/mol. The highest BCUT2D eigenvalue weighted by Gasteiger charge is 2.34. The number of benzene rings is 2. The van der Waals surface area contributed by atoms with Crippen molar-refractivity contribution in [3.63, 3.8) is 0 Å². The Kier molecular flexibility index (Phi) is 6.40. The second kappa shape index (κ2) is 8.61. The molecule has 1 saturated heterocycles. The van der Waals surface area contributed by atoms with E-state index in [-0.39, 0.29) is 47.4 Å². The number of carbonyl (C=O) groups excluding carboxylic acids is 1. The second-order valence-corrected chi connectivity index (χ2v) is 9.10. The first-order valence-corrected chi connectivity index (χ1v) is 10.8. The number of hydrogen-bond acceptors (Lipinski definition) is 5. The standard InChI is InChI=1S/C20H22ClNO5S/c1-14-11-22(12-15(2)27-14)28(24,25)19-10-17(8-9-18(19)21)20(23)26-13-16-6-4-3-5-7-16/h3-10,14-15H,11-13H2,1-2H3. The second-order valence-electron chi connectivity index (χ2n) is 6.79. The molecule has 0 aromatic heterocycles. The van der Waals surface area contributed by atoms with Gasteiger partial charge in [0.25, 0.3) is 0 Å². The molecule has 0 N–H and O–H groups in total. The van der Waals surface area contributed by atoms with Gasteiger partial charge in [-0.1, -0.05) is 41.9 Å². The predicted molar refractivity (Wildman–Crippen MR) is 106 cm³/mol. The summed E-state index contributed by atoms with van der Waals surface area (Å²) in [5.74, 6) is -0.610. The molecular formula is C20H22ClNO5S. The van der Waals surface area contributed by atoms with Crippen LogP contribution < -0.4 is 0 Å². The molecule has 0 saturated carbocycles. The Bertz CT molecular complexity index is 938. The van der Waals surface area contributed by atoms with E-state index in [9.17, 15) is 13.2 Å². The van der Waals surface area contributed by atoms with Gasteiger partial charge in [0.15, 0.2) is 0 Å². The first-order chi connectivity index (χ1) is 13.3. The van der Waals surface area contributed by atoms with Crippen molar-refractivity contribution in [2.24, 2.45) is 0 Å². The molecule has 2 aromatic rings. The third-order valence-corrected chi connectivity index (χ3v) is 6.70. The molecule has 1 fully saturated rings. The molecule has 0 amide bonds. The van der Waals surface area contributed by atoms with Crippen LogP contribution in [0.5, 0.6) is 0 Å². The maximum Gasteiger partial charge on any atom is 0.338 e. The fourth-order valence-corrected chi connectivity index (χ4v) is 5.19. The number of hydrogen-bond donors (Lipinski definition) is 0. The molecule has 1 aliphatic heterocycles. The fraction of sp³-hybridized carbons (Fsp3) is 0.350. The summed E-state index contributed by atoms with van der Waals surface area (Å²) in [4.78, 5) is 12.3. The van der Waals surface area contributed by atoms with Crippen LogP contribution in [0.15, 0.2) is 53.4 Å². The molecule has 2 atom stereocenters. The summed E-state index contributed by atoms with van der Waals surface area (Å²) in [5, 5.41) is 0.0615. The summed E-state index contributed by atoms with van der Waals surface area (Å²) in [7, 11) is -3.87. The minimum absolute atomic E-state index is 0.0615. The molecule has 2 aromatic carbocycles. The van der Waals surface area contributed by atoms with Crippen molar-refractivity contribution in [2.75, 3.05) is 13.1 Å². The van der Waals surface area contributed by atoms with E-state index in [0.717, 1.165) is 5.56 Å². The Morgan fingerprint density at radius 3 is 2.43 bits per heavy atom. The highest BCUT2D eigenvalue weighted by atomic mass is 35.5. The number of carbonyl (C=O) groups is 1. The van der Waals surface area contributed by atoms with E-state index >= 15 is 0 Å². The monoisotopic (exact) mass is 423 g/mol. The van der Waals surface area contributed by atoms with E-state index in [0.29, 0.717) is 0 Å². The van der Waals surface area contributed by atoms with Gasteiger partial charge in [-0.2, -0.15) is 4.31 Å². The minimum atomic E-state index is -3.87. The van der Waals surface area contributed by atoms with Crippen LogP contribution in [0.4, 0.5) is 0 Å². The number of nitrogens with zero attached hydrogens (tertiary/aromatic N) is 1. The van der Waals surface area contributed by atoms with E-state index < -0.39 is 16.0 Å². The molecule has 0 spiro atoms. The van der Waals surface area contributed by atoms with Gasteiger partial charge in [0.2, 0.25) is 10.0 Å². The summed E-state index contributed by atoms with van der Waals surface area (Å²) in [6.07, 6.45) is -0.451. The SMILES string of the molecule is CC1CN(S(=O)(=O)c2cc(C(=O)OCc3ccccc3)ccc2Cl)CC(C)O1. The van der Waals surface area contributed by atoms with Gasteiger partial charge in [0, 0.05) is 13.1 Å². The molecule has 6 nitrogen and oxygen atoms in total. The predicted octanol–water partition coefficient (Wildman–Crippen LogP) is 3.49. The van der Waals surface area contributed by atoms with Crippen LogP contribution in [0.3, 0.4) is 0 Å². The zero-order valence-electron chi connectivity index (χ0n) is 15.7. The van der Waals surface area contributed by atoms with Crippen LogP contribution in [0.2, 0.25) is 5.02 Å². The molecule has 8 heteroatoms. The van der Waals surface area contributed by atoms with E-state index in [1.165, 1.54) is 22.5 Å². The molecule has 0 aliphatic carbocycles. The van der Waals surface area contributed by atoms with Gasteiger partial charge >= 0.3 is 5.97 Å². The lowest BCUT2D eigenvalue weighted by Crippen LogP contribution is -2.48. The largest absolute Gasteiger partial charge is 0.457 e. The van der Waals surface area contributed by atoms with Crippen molar-refractivity contribution in [3.8, 4) is 0 Å². The smallest absolute Gasteiger partial charge is 0.338 e. The van der Waals surface area contributed by atoms with Gasteiger partial charge in [-0.3, -0.25) is 0 Å². The molecule has 3 rings (SSSR count). The van der Waals surface area contributed by atoms with E-state index in [2.05, 4.69) is 0 Å². The van der Waals surface area contributed by atoms with Crippen molar-refractivity contribution >= 4 is 27.6 Å². The number of morpholine rings is 1. The Morgan fingerprint density at radius 1 is 1.14 bits per heavy atom. The lowest BCUT2D eigenvalue weighted by molar-refractivity contribution is -0.0440. The maximum atomic E-state index is 13.1. The van der Waals surface area contributed by atoms with E-state index in [1.807, 2.05) is 44.2 Å². The third kappa shape index (κ3) is 4.72. The van der Waals surface area contributed by atoms with Gasteiger partial charge in [-0.05, 0) is 37.6 Å². The number of rotatable bonds is 5. The van der Waals surface area contributed by atoms with Gasteiger partial charge in [0.05, 0.1) is 22.8 Å². The van der Waals surface area contributed by atoms with Gasteiger partial charge in [-0.25, -0.2) is 13.2 Å². The Hall–Kier alpha value is -1.93. The number of halogens is 1. The fourth-order valence-electron chi connectivity index (χ4n) is 3.10. The van der Waals surface area contributed by atoms with Crippen molar-refractivity contribution < 1.29 is 22.7 Å². The summed E-state index contributed by atoms with van der Waals surface area (Å²) in [6, 6.07) is 13.4. The molecule has 28 heavy (non-hydrogen) atoms. The first kappa shape index (κ1) is 20.8. The van der Waals surface area contributed by atoms with Crippen molar-refractivity contribution in [1.29, 1.82) is 0 Å². The van der Waals surface area contributed by atoms with Crippen LogP contribution in [0, 0.1) is 0 Å². The molecular weight excluding hydrogens is 402 g/mol. The van der Waals surface area contributed by atoms with Crippen molar-refractivity contribution in [2.45, 2.75) is 37.6 Å². The highest BCUT2D eigenvalue weighted by Crippen LogP contribution is 2.28. The third-order valence-electron chi connectivity index (χ3n) is 4.38. The summed E-state index contributed by atoms with van der Waals surface area (Å²) in [5.41, 5.74) is 0.974. The van der Waals surface area contributed by atoms with Crippen LogP contribution in [-0.2, 0) is 26.1 Å². The zero-order chi connectivity index (χ0) is 20.3. The lowest BCUT2D eigenvalue weighted by atomic mass is 10.2. The highest BCUT2D eigenvalue weighted by molar-refractivity contribution is 7.89. The average Bonchev–Trinajstić information content (AvgIpc) is 2.66. The van der Waals surface area contributed by atoms with Crippen molar-refractivity contribution in [1.82, 2.24) is 4.31 Å². The molecule has 0 bridgehead atoms. The molecule has 150 valence electrons. The topological polar surface area (TPSA) is 72.9 Å². The first-order valence-electron chi connectivity index (χ1n) is 8.93. The number of ether oxygens (including phenoxy) is 2. The van der Waals surface area contributed by atoms with Gasteiger partial charge < -0.3 is 9.47 Å². The molecule has 0 radical (unpaired) electrons. The van der Waals surface area contributed by atoms with E-state index in [1.54, 1.807) is 0 Å². The minimum Gasteiger partial charge on any atom is -0.457 e. The van der Waals surface area contributed by atoms with E-state index in [4.69, 9.17) is 21.1 Å². The van der Waals surface area contributed by atoms with Gasteiger partial charge in [0.1, 0.15) is 11.5 Å². The van der Waals surface area contributed by atoms with Crippen molar-refractivity contribution in [3.05, 3.63) is 64.7 Å². The summed E-state index contributed by atoms with van der Waals surface area (Å²) in [6.45, 7) is 4.19. The number of sulfonamides is 1. The van der Waals surface area contributed by atoms with Crippen LogP contribution >= 0.6 is 11.6 Å². The number of esters is 1. The summed E-state index contributed by atoms with van der Waals surface area (Å²) >= 11 is 6.16. The molecule has 1 aliphatic rings. The van der Waals surface area contributed by atoms with Crippen LogP contribution in [-0.4, -0.2) is 44.0 Å². The Labute approximate surface area is 170 Å². The molecule has 2 unspecified atom stereocenters. The van der Waals surface area contributed by atoms with Crippen LogP contribution in [0.25, 0.3) is 0 Å². The molecule has 1 heterocycles. The maximum absolute atomic E-state index is 13.1. The quantitative estimate of drug-likeness (QED) is 0.688. The Morgan fingerprint density at radius 2 is 1.79 bits per heavy atom. The summed E-state index contributed by atoms with van der Waals surface area (Å²) < 4.78 is 38.4. The van der Waals surface area contributed by atoms with Gasteiger partial charge in [-0.15, -0.1) is 0 Å². The normalized spacial score (nSPS) is 20.7. The lowest BCUT2D eigenvalue weighted by Gasteiger charge is -2.34. The Balaban J connectivity index is 1.81.